The first-order chi connectivity index (χ1) is 9.99. The molecule has 21 heavy (non-hydrogen) atoms. The van der Waals surface area contributed by atoms with E-state index in [1.807, 2.05) is 0 Å². The Balaban J connectivity index is 2.33. The number of aliphatic carboxylic acids is 1. The predicted octanol–water partition coefficient (Wildman–Crippen LogP) is 2.67. The average Bonchev–Trinajstić information content (AvgIpc) is 2.43. The second-order valence-corrected chi connectivity index (χ2v) is 4.88. The summed E-state index contributed by atoms with van der Waals surface area (Å²) in [4.78, 5) is 25.3. The molecule has 0 radical (unpaired) electrons. The monoisotopic (exact) mass is 289 g/mol. The van der Waals surface area contributed by atoms with Gasteiger partial charge < -0.3 is 10.4 Å². The smallest absolute Gasteiger partial charge is 0.311 e. The molecule has 0 saturated heterocycles. The minimum absolute atomic E-state index is 0.00378. The summed E-state index contributed by atoms with van der Waals surface area (Å²) in [5, 5.41) is 23.5. The highest BCUT2D eigenvalue weighted by molar-refractivity contribution is 5.95. The number of nitro groups is 1. The molecule has 7 nitrogen and oxygen atoms in total. The molecule has 1 aromatic carbocycles. The number of hydrogen-bond acceptors (Lipinski definition) is 5. The Morgan fingerprint density at radius 1 is 1.48 bits per heavy atom. The summed E-state index contributed by atoms with van der Waals surface area (Å²) in [7, 11) is 0. The van der Waals surface area contributed by atoms with Crippen molar-refractivity contribution in [3.05, 3.63) is 40.6 Å². The molecule has 1 unspecified atom stereocenters. The van der Waals surface area contributed by atoms with Crippen LogP contribution in [0.4, 0.5) is 11.4 Å². The van der Waals surface area contributed by atoms with E-state index in [1.54, 1.807) is 31.2 Å². The van der Waals surface area contributed by atoms with E-state index in [0.717, 1.165) is 0 Å². The fraction of sp³-hybridized carbons (Fsp3) is 0.286. The van der Waals surface area contributed by atoms with Crippen LogP contribution >= 0.6 is 0 Å². The predicted molar refractivity (Wildman–Crippen MR) is 78.3 cm³/mol. The van der Waals surface area contributed by atoms with Gasteiger partial charge in [-0.1, -0.05) is 25.1 Å². The van der Waals surface area contributed by atoms with Gasteiger partial charge in [0.25, 0.3) is 0 Å². The second kappa shape index (κ2) is 6.17. The van der Waals surface area contributed by atoms with Crippen LogP contribution in [-0.2, 0) is 4.79 Å². The van der Waals surface area contributed by atoms with Gasteiger partial charge >= 0.3 is 11.7 Å². The molecule has 0 fully saturated rings. The first kappa shape index (κ1) is 14.7. The van der Waals surface area contributed by atoms with Crippen LogP contribution in [0.5, 0.6) is 0 Å². The number of carboxylic acids is 1. The summed E-state index contributed by atoms with van der Waals surface area (Å²) >= 11 is 0. The maximum atomic E-state index is 11.1. The fourth-order valence-electron chi connectivity index (χ4n) is 2.10. The minimum Gasteiger partial charge on any atom is -0.481 e. The van der Waals surface area contributed by atoms with Gasteiger partial charge in [-0.25, -0.2) is 4.98 Å². The molecule has 2 N–H and O–H groups in total. The molecule has 0 spiro atoms. The van der Waals surface area contributed by atoms with Crippen molar-refractivity contribution in [1.82, 2.24) is 4.98 Å². The number of aromatic nitrogens is 1. The molecule has 110 valence electrons. The van der Waals surface area contributed by atoms with Gasteiger partial charge in [0.2, 0.25) is 0 Å². The van der Waals surface area contributed by atoms with Crippen LogP contribution in [0.15, 0.2) is 30.5 Å². The van der Waals surface area contributed by atoms with Gasteiger partial charge in [0.05, 0.1) is 10.4 Å². The van der Waals surface area contributed by atoms with Gasteiger partial charge in [-0.3, -0.25) is 14.9 Å². The number of rotatable bonds is 6. The standard InChI is InChI=1S/C14H15N3O4/c1-9(6-13(18)19)7-16-14-10-4-2-3-5-11(10)15-8-12(14)17(20)21/h2-5,8-9H,6-7H2,1H3,(H,15,16)(H,18,19). The highest BCUT2D eigenvalue weighted by atomic mass is 16.6. The van der Waals surface area contributed by atoms with Crippen LogP contribution in [-0.4, -0.2) is 27.5 Å². The Morgan fingerprint density at radius 3 is 2.86 bits per heavy atom. The molecule has 0 aliphatic carbocycles. The van der Waals surface area contributed by atoms with Crippen molar-refractivity contribution in [2.75, 3.05) is 11.9 Å². The fourth-order valence-corrected chi connectivity index (χ4v) is 2.10. The minimum atomic E-state index is -0.890. The van der Waals surface area contributed by atoms with Crippen LogP contribution in [0.2, 0.25) is 0 Å². The molecule has 2 aromatic rings. The van der Waals surface area contributed by atoms with E-state index in [2.05, 4.69) is 10.3 Å². The Bertz CT molecular complexity index is 687. The van der Waals surface area contributed by atoms with Gasteiger partial charge in [-0.2, -0.15) is 0 Å². The van der Waals surface area contributed by atoms with Gasteiger partial charge in [0.1, 0.15) is 11.9 Å². The van der Waals surface area contributed by atoms with Crippen LogP contribution < -0.4 is 5.32 Å². The van der Waals surface area contributed by atoms with Crippen LogP contribution in [0.25, 0.3) is 10.9 Å². The van der Waals surface area contributed by atoms with E-state index in [9.17, 15) is 14.9 Å². The Morgan fingerprint density at radius 2 is 2.19 bits per heavy atom. The van der Waals surface area contributed by atoms with Gasteiger partial charge in [0.15, 0.2) is 0 Å². The van der Waals surface area contributed by atoms with E-state index in [4.69, 9.17) is 5.11 Å². The summed E-state index contributed by atoms with van der Waals surface area (Å²) in [5.74, 6) is -1.03. The summed E-state index contributed by atoms with van der Waals surface area (Å²) < 4.78 is 0. The van der Waals surface area contributed by atoms with E-state index in [0.29, 0.717) is 23.1 Å². The lowest BCUT2D eigenvalue weighted by Crippen LogP contribution is -2.16. The van der Waals surface area contributed by atoms with Crippen LogP contribution in [0.1, 0.15) is 13.3 Å². The Kier molecular flexibility index (Phi) is 4.32. The molecule has 1 aromatic heterocycles. The zero-order valence-electron chi connectivity index (χ0n) is 11.4. The van der Waals surface area contributed by atoms with Crippen LogP contribution in [0.3, 0.4) is 0 Å². The van der Waals surface area contributed by atoms with Crippen molar-refractivity contribution in [2.45, 2.75) is 13.3 Å². The summed E-state index contributed by atoms with van der Waals surface area (Å²) in [6, 6.07) is 7.10. The van der Waals surface area contributed by atoms with Crippen molar-refractivity contribution in [1.29, 1.82) is 0 Å². The zero-order chi connectivity index (χ0) is 15.4. The SMILES string of the molecule is CC(CNc1c([N+](=O)[O-])cnc2ccccc12)CC(=O)O. The maximum absolute atomic E-state index is 11.1. The maximum Gasteiger partial charge on any atom is 0.311 e. The van der Waals surface area contributed by atoms with Gasteiger partial charge in [0, 0.05) is 18.4 Å². The lowest BCUT2D eigenvalue weighted by Gasteiger charge is -2.13. The first-order valence-electron chi connectivity index (χ1n) is 6.47. The first-order valence-corrected chi connectivity index (χ1v) is 6.47. The summed E-state index contributed by atoms with van der Waals surface area (Å²) in [6.07, 6.45) is 1.22. The number of nitrogens with one attached hydrogen (secondary N) is 1. The molecule has 1 atom stereocenters. The number of hydrogen-bond donors (Lipinski definition) is 2. The molecule has 0 aliphatic rings. The van der Waals surface area contributed by atoms with Crippen LogP contribution in [0, 0.1) is 16.0 Å². The number of carboxylic acid groups (broad SMARTS) is 1. The third-order valence-electron chi connectivity index (χ3n) is 3.10. The largest absolute Gasteiger partial charge is 0.481 e. The third-order valence-corrected chi connectivity index (χ3v) is 3.10. The second-order valence-electron chi connectivity index (χ2n) is 4.88. The molecule has 0 amide bonds. The topological polar surface area (TPSA) is 105 Å². The lowest BCUT2D eigenvalue weighted by molar-refractivity contribution is -0.384. The lowest BCUT2D eigenvalue weighted by atomic mass is 10.1. The Labute approximate surface area is 120 Å². The summed E-state index contributed by atoms with van der Waals surface area (Å²) in [5.41, 5.74) is 0.913. The van der Waals surface area contributed by atoms with Crippen molar-refractivity contribution >= 4 is 28.2 Å². The summed E-state index contributed by atoms with van der Waals surface area (Å²) in [6.45, 7) is 2.11. The molecule has 0 aliphatic heterocycles. The number of benzene rings is 1. The highest BCUT2D eigenvalue weighted by Crippen LogP contribution is 2.31. The number of pyridine rings is 1. The van der Waals surface area contributed by atoms with Crippen molar-refractivity contribution in [3.8, 4) is 0 Å². The van der Waals surface area contributed by atoms with Crippen molar-refractivity contribution in [3.63, 3.8) is 0 Å². The normalized spacial score (nSPS) is 12.0. The molecule has 2 rings (SSSR count). The molecular weight excluding hydrogens is 274 g/mol. The van der Waals surface area contributed by atoms with E-state index >= 15 is 0 Å². The molecule has 7 heteroatoms. The number of nitrogens with zero attached hydrogens (tertiary/aromatic N) is 2. The molecular formula is C14H15N3O4. The quantitative estimate of drug-likeness (QED) is 0.625. The number of anilines is 1. The van der Waals surface area contributed by atoms with Gasteiger partial charge in [-0.15, -0.1) is 0 Å². The third kappa shape index (κ3) is 3.44. The van der Waals surface area contributed by atoms with Crippen molar-refractivity contribution < 1.29 is 14.8 Å². The molecule has 0 bridgehead atoms. The number of carbonyl (C=O) groups is 1. The zero-order valence-corrected chi connectivity index (χ0v) is 11.4. The van der Waals surface area contributed by atoms with Crippen molar-refractivity contribution in [2.24, 2.45) is 5.92 Å². The van der Waals surface area contributed by atoms with Gasteiger partial charge in [-0.05, 0) is 12.0 Å². The highest BCUT2D eigenvalue weighted by Gasteiger charge is 2.18. The number of para-hydroxylation sites is 1. The molecule has 1 heterocycles. The average molecular weight is 289 g/mol. The molecule has 0 saturated carbocycles. The number of fused-ring (bicyclic) bond motifs is 1. The van der Waals surface area contributed by atoms with E-state index in [-0.39, 0.29) is 18.0 Å². The van der Waals surface area contributed by atoms with E-state index < -0.39 is 10.9 Å². The Hall–Kier alpha value is -2.70. The van der Waals surface area contributed by atoms with E-state index in [1.165, 1.54) is 6.20 Å².